The quantitative estimate of drug-likeness (QED) is 0.441. The fourth-order valence-corrected chi connectivity index (χ4v) is 0. The van der Waals surface area contributed by atoms with Crippen LogP contribution in [-0.4, -0.2) is 7.11 Å². The molecule has 0 N–H and O–H groups in total. The summed E-state index contributed by atoms with van der Waals surface area (Å²) in [6, 6.07) is 0. The Morgan fingerprint density at radius 1 is 0.714 bits per heavy atom. The van der Waals surface area contributed by atoms with Crippen molar-refractivity contribution >= 4 is 0 Å². The van der Waals surface area contributed by atoms with Gasteiger partial charge in [-0.2, -0.15) is 0 Å². The van der Waals surface area contributed by atoms with Crippen LogP contribution in [0.25, 0.3) is 0 Å². The van der Waals surface area contributed by atoms with Crippen LogP contribution in [0.2, 0.25) is 0 Å². The Morgan fingerprint density at radius 3 is 0.714 bits per heavy atom. The minimum atomic E-state index is 0. The molecule has 0 atom stereocenters. The van der Waals surface area contributed by atoms with Gasteiger partial charge in [-0.15, -0.1) is 0 Å². The monoisotopic (exact) mass is 372 g/mol. The molecule has 0 fully saturated rings. The maximum atomic E-state index is 7.50. The Hall–Kier alpha value is -0.678. The molecule has 77 valence electrons. The van der Waals surface area contributed by atoms with Crippen LogP contribution in [0.1, 0.15) is 0 Å². The second kappa shape index (κ2) is 15200. The van der Waals surface area contributed by atoms with E-state index in [2.05, 4.69) is 45.1 Å². The molecule has 0 rings (SSSR count). The molecule has 0 heterocycles. The minimum Gasteiger partial charge on any atom is -0.557 e. The maximum Gasteiger partial charge on any atom is 0 e. The van der Waals surface area contributed by atoms with Crippen molar-refractivity contribution in [3.63, 3.8) is 0 Å². The van der Waals surface area contributed by atoms with Crippen molar-refractivity contribution in [1.29, 1.82) is 0 Å². The first-order chi connectivity index (χ1) is 6.41. The molecule has 0 aliphatic rings. The normalized spacial score (nSPS) is 2.00. The molecule has 1 radical (unpaired) electrons. The predicted molar refractivity (Wildman–Crippen MR) is 32.0 cm³/mol. The standard InChI is InChI=1S/C2H5O.5CO.Re/c1-3-2;5*1-2;/h1H2,2H3;;;;;;/q-1;;;;;;. The van der Waals surface area contributed by atoms with Gasteiger partial charge in [0.05, 0.1) is 0 Å². The van der Waals surface area contributed by atoms with Crippen molar-refractivity contribution in [3.05, 3.63) is 40.4 Å². The molecular formula is C7H5O6Re-. The Balaban J connectivity index is -0.00000000838. The van der Waals surface area contributed by atoms with Crippen LogP contribution in [0, 0.1) is 40.4 Å². The van der Waals surface area contributed by atoms with Crippen LogP contribution >= 0.6 is 0 Å². The van der Waals surface area contributed by atoms with E-state index in [-0.39, 0.29) is 20.4 Å². The molecule has 7 heteroatoms. The summed E-state index contributed by atoms with van der Waals surface area (Å²) in [5, 5.41) is 0. The van der Waals surface area contributed by atoms with E-state index >= 15 is 0 Å². The summed E-state index contributed by atoms with van der Waals surface area (Å²) in [4.78, 5) is 0. The Labute approximate surface area is 96.3 Å². The van der Waals surface area contributed by atoms with Crippen molar-refractivity contribution in [2.75, 3.05) is 7.11 Å². The summed E-state index contributed by atoms with van der Waals surface area (Å²) >= 11 is 0. The van der Waals surface area contributed by atoms with E-state index in [4.69, 9.17) is 23.3 Å². The molecule has 0 aromatic carbocycles. The number of methoxy groups -OCH3 is 1. The van der Waals surface area contributed by atoms with Crippen molar-refractivity contribution in [2.45, 2.75) is 0 Å². The van der Waals surface area contributed by atoms with Gasteiger partial charge in [-0.25, -0.2) is 7.11 Å². The summed E-state index contributed by atoms with van der Waals surface area (Å²) in [7, 11) is 4.50. The number of hydrogen-bond acceptors (Lipinski definition) is 1. The first kappa shape index (κ1) is 50.6. The van der Waals surface area contributed by atoms with Gasteiger partial charge in [0.1, 0.15) is 0 Å². The maximum absolute atomic E-state index is 7.50. The fourth-order valence-electron chi connectivity index (χ4n) is 0. The van der Waals surface area contributed by atoms with Crippen LogP contribution in [0.5, 0.6) is 0 Å². The van der Waals surface area contributed by atoms with Crippen molar-refractivity contribution in [1.82, 2.24) is 0 Å². The van der Waals surface area contributed by atoms with E-state index in [1.165, 1.54) is 7.11 Å². The van der Waals surface area contributed by atoms with Gasteiger partial charge in [-0.3, -0.25) is 0 Å². The molecule has 0 bridgehead atoms. The van der Waals surface area contributed by atoms with Crippen LogP contribution in [0.3, 0.4) is 0 Å². The molecule has 0 amide bonds. The fraction of sp³-hybridized carbons (Fsp3) is 0.143. The summed E-state index contributed by atoms with van der Waals surface area (Å²) in [6.45, 7) is 22.5. The molecule has 0 saturated heterocycles. The molecular weight excluding hydrogens is 366 g/mol. The summed E-state index contributed by atoms with van der Waals surface area (Å²) in [5.74, 6) is 0. The summed E-state index contributed by atoms with van der Waals surface area (Å²) < 4.78 is 41.5. The third kappa shape index (κ3) is 2630. The van der Waals surface area contributed by atoms with Gasteiger partial charge in [0.25, 0.3) is 0 Å². The van der Waals surface area contributed by atoms with Gasteiger partial charge < -0.3 is 4.74 Å². The second-order valence-electron chi connectivity index (χ2n) is 0.289. The molecule has 14 heavy (non-hydrogen) atoms. The third-order valence-electron chi connectivity index (χ3n) is 0. The summed E-state index contributed by atoms with van der Waals surface area (Å²) in [6.07, 6.45) is 0. The molecule has 0 spiro atoms. The average molecular weight is 371 g/mol. The van der Waals surface area contributed by atoms with E-state index in [0.717, 1.165) is 0 Å². The van der Waals surface area contributed by atoms with E-state index in [1.54, 1.807) is 0 Å². The molecule has 0 saturated carbocycles. The zero-order chi connectivity index (χ0) is 12.7. The van der Waals surface area contributed by atoms with Gasteiger partial charge in [0.2, 0.25) is 0 Å². The van der Waals surface area contributed by atoms with Crippen molar-refractivity contribution in [3.8, 4) is 0 Å². The number of ether oxygens (including phenoxy) is 1. The molecule has 0 unspecified atom stereocenters. The van der Waals surface area contributed by atoms with Gasteiger partial charge in [0.15, 0.2) is 0 Å². The molecule has 0 aromatic heterocycles. The van der Waals surface area contributed by atoms with Gasteiger partial charge in [-0.05, 0) is 7.11 Å². The largest absolute Gasteiger partial charge is 0.557 e. The Kier molecular flexibility index (Phi) is 55000. The van der Waals surface area contributed by atoms with E-state index in [1.807, 2.05) is 0 Å². The van der Waals surface area contributed by atoms with E-state index in [0.29, 0.717) is 0 Å². The number of hydrogen-bond donors (Lipinski definition) is 0. The van der Waals surface area contributed by atoms with Crippen molar-refractivity contribution in [2.24, 2.45) is 0 Å². The molecule has 0 aromatic rings. The number of rotatable bonds is 0. The van der Waals surface area contributed by atoms with Crippen LogP contribution in [0.4, 0.5) is 0 Å². The van der Waals surface area contributed by atoms with E-state index in [9.17, 15) is 0 Å². The molecule has 6 nitrogen and oxygen atoms in total. The van der Waals surface area contributed by atoms with Gasteiger partial charge >= 0.3 is 56.5 Å². The first-order valence-electron chi connectivity index (χ1n) is 1.72. The zero-order valence-corrected chi connectivity index (χ0v) is 9.75. The van der Waals surface area contributed by atoms with Crippen molar-refractivity contribution < 1.29 is 48.4 Å². The van der Waals surface area contributed by atoms with E-state index < -0.39 is 0 Å². The topological polar surface area (TPSA) is 109 Å². The smallest absolute Gasteiger partial charge is 0 e. The van der Waals surface area contributed by atoms with Crippen LogP contribution < -0.4 is 0 Å². The first-order valence-corrected chi connectivity index (χ1v) is 1.72. The third-order valence-corrected chi connectivity index (χ3v) is 0. The zero-order valence-electron chi connectivity index (χ0n) is 7.03. The van der Waals surface area contributed by atoms with Crippen LogP contribution in [-0.2, 0) is 48.4 Å². The SMILES string of the molecule is [C-]#[O+].[C-]#[O+].[C-]#[O+].[C-]#[O+].[C-]#[O+].[CH2-]OC.[Re]. The van der Waals surface area contributed by atoms with Gasteiger partial charge in [0, 0.05) is 20.4 Å². The minimum absolute atomic E-state index is 0. The predicted octanol–water partition coefficient (Wildman–Crippen LogP) is 0.234. The van der Waals surface area contributed by atoms with Gasteiger partial charge in [-0.1, -0.05) is 0 Å². The Morgan fingerprint density at radius 2 is 0.714 bits per heavy atom. The average Bonchev–Trinajstić information content (AvgIpc) is 2.32. The van der Waals surface area contributed by atoms with Crippen LogP contribution in [0.15, 0.2) is 0 Å². The summed E-state index contributed by atoms with van der Waals surface area (Å²) in [5.41, 5.74) is 0. The Bertz CT molecular complexity index is 87.5. The molecule has 0 aliphatic carbocycles. The second-order valence-corrected chi connectivity index (χ2v) is 0.289. The molecule has 0 aliphatic heterocycles.